The summed E-state index contributed by atoms with van der Waals surface area (Å²) in [6.45, 7) is 2.29. The molecule has 1 N–H and O–H groups in total. The molecule has 26 heavy (non-hydrogen) atoms. The molecule has 0 spiro atoms. The molecule has 2 saturated heterocycles. The molecule has 1 unspecified atom stereocenters. The van der Waals surface area contributed by atoms with Crippen LogP contribution in [0.4, 0.5) is 4.79 Å². The number of benzene rings is 1. The van der Waals surface area contributed by atoms with Crippen molar-refractivity contribution in [3.63, 3.8) is 0 Å². The molecule has 2 fully saturated rings. The van der Waals surface area contributed by atoms with Crippen LogP contribution in [-0.4, -0.2) is 75.0 Å². The van der Waals surface area contributed by atoms with Crippen LogP contribution in [0.3, 0.4) is 0 Å². The molecule has 0 aromatic heterocycles. The fourth-order valence-electron chi connectivity index (χ4n) is 3.15. The minimum absolute atomic E-state index is 0.0523. The van der Waals surface area contributed by atoms with Crippen LogP contribution in [0, 0.1) is 0 Å². The van der Waals surface area contributed by atoms with Crippen molar-refractivity contribution in [3.8, 4) is 17.2 Å². The number of carbonyl (C=O) groups is 2. The number of rotatable bonds is 7. The van der Waals surface area contributed by atoms with Crippen molar-refractivity contribution >= 4 is 23.7 Å². The Labute approximate surface area is 156 Å². The smallest absolute Gasteiger partial charge is 0.317 e. The molecule has 0 bridgehead atoms. The van der Waals surface area contributed by atoms with E-state index in [9.17, 15) is 9.59 Å². The number of hydrogen-bond acceptors (Lipinski definition) is 6. The molecule has 0 aliphatic carbocycles. The summed E-state index contributed by atoms with van der Waals surface area (Å²) in [5.41, 5.74) is 0.854. The van der Waals surface area contributed by atoms with Crippen LogP contribution in [0.2, 0.25) is 0 Å². The largest absolute Gasteiger partial charge is 0.496 e. The number of nitrogens with one attached hydrogen (secondary N) is 1. The Bertz CT molecular complexity index is 699. The van der Waals surface area contributed by atoms with E-state index in [0.717, 1.165) is 5.56 Å². The Morgan fingerprint density at radius 2 is 1.77 bits per heavy atom. The van der Waals surface area contributed by atoms with Gasteiger partial charge in [0.15, 0.2) is 11.5 Å². The quantitative estimate of drug-likeness (QED) is 0.767. The van der Waals surface area contributed by atoms with Gasteiger partial charge in [0.2, 0.25) is 5.91 Å². The summed E-state index contributed by atoms with van der Waals surface area (Å²) in [4.78, 5) is 27.6. The predicted molar refractivity (Wildman–Crippen MR) is 98.0 cm³/mol. The molecule has 1 aromatic carbocycles. The van der Waals surface area contributed by atoms with E-state index in [2.05, 4.69) is 5.32 Å². The maximum atomic E-state index is 12.4. The van der Waals surface area contributed by atoms with Gasteiger partial charge in [0.25, 0.3) is 0 Å². The highest BCUT2D eigenvalue weighted by atomic mass is 32.2. The molecule has 8 nitrogen and oxygen atoms in total. The van der Waals surface area contributed by atoms with E-state index in [4.69, 9.17) is 14.2 Å². The van der Waals surface area contributed by atoms with Crippen LogP contribution in [0.5, 0.6) is 17.2 Å². The number of amides is 3. The lowest BCUT2D eigenvalue weighted by Gasteiger charge is -2.27. The maximum absolute atomic E-state index is 12.4. The van der Waals surface area contributed by atoms with Gasteiger partial charge in [-0.15, -0.1) is 11.8 Å². The van der Waals surface area contributed by atoms with Gasteiger partial charge in [-0.05, 0) is 6.07 Å². The molecule has 2 aliphatic heterocycles. The standard InChI is InChI=1S/C17H23N3O5S/c1-23-12-9-14(25-3)13(24-2)8-11(12)16-20(15(21)10-26-16)7-6-19-5-4-18-17(19)22/h8-9,16H,4-7,10H2,1-3H3,(H,18,22). The Kier molecular flexibility index (Phi) is 5.65. The third-order valence-electron chi connectivity index (χ3n) is 4.53. The number of methoxy groups -OCH3 is 3. The summed E-state index contributed by atoms with van der Waals surface area (Å²) in [6.07, 6.45) is 0. The average molecular weight is 381 g/mol. The van der Waals surface area contributed by atoms with E-state index in [1.807, 2.05) is 6.07 Å². The van der Waals surface area contributed by atoms with Crippen LogP contribution in [-0.2, 0) is 4.79 Å². The van der Waals surface area contributed by atoms with E-state index in [1.54, 1.807) is 37.2 Å². The van der Waals surface area contributed by atoms with Gasteiger partial charge in [-0.25, -0.2) is 4.79 Å². The Morgan fingerprint density at radius 1 is 1.08 bits per heavy atom. The number of hydrogen-bond donors (Lipinski definition) is 1. The third-order valence-corrected chi connectivity index (χ3v) is 5.76. The minimum Gasteiger partial charge on any atom is -0.496 e. The number of thioether (sulfide) groups is 1. The first-order valence-electron chi connectivity index (χ1n) is 8.32. The minimum atomic E-state index is -0.192. The molecule has 1 atom stereocenters. The van der Waals surface area contributed by atoms with E-state index < -0.39 is 0 Å². The topological polar surface area (TPSA) is 80.3 Å². The van der Waals surface area contributed by atoms with Crippen molar-refractivity contribution in [2.75, 3.05) is 53.3 Å². The van der Waals surface area contributed by atoms with Gasteiger partial charge in [-0.3, -0.25) is 4.79 Å². The highest BCUT2D eigenvalue weighted by Gasteiger charge is 2.36. The maximum Gasteiger partial charge on any atom is 0.317 e. The average Bonchev–Trinajstić information content (AvgIpc) is 3.23. The molecule has 142 valence electrons. The summed E-state index contributed by atoms with van der Waals surface area (Å²) in [7, 11) is 4.73. The molecule has 3 rings (SSSR count). The summed E-state index contributed by atoms with van der Waals surface area (Å²) >= 11 is 1.54. The monoisotopic (exact) mass is 381 g/mol. The van der Waals surface area contributed by atoms with Crippen LogP contribution in [0.25, 0.3) is 0 Å². The number of nitrogens with zero attached hydrogens (tertiary/aromatic N) is 2. The van der Waals surface area contributed by atoms with Crippen molar-refractivity contribution in [2.45, 2.75) is 5.37 Å². The van der Waals surface area contributed by atoms with Crippen molar-refractivity contribution in [2.24, 2.45) is 0 Å². The Balaban J connectivity index is 1.84. The van der Waals surface area contributed by atoms with Crippen molar-refractivity contribution in [3.05, 3.63) is 17.7 Å². The second kappa shape index (κ2) is 7.94. The van der Waals surface area contributed by atoms with Gasteiger partial charge < -0.3 is 29.3 Å². The highest BCUT2D eigenvalue weighted by molar-refractivity contribution is 8.00. The van der Waals surface area contributed by atoms with E-state index in [-0.39, 0.29) is 17.3 Å². The molecule has 0 radical (unpaired) electrons. The van der Waals surface area contributed by atoms with Gasteiger partial charge in [0.1, 0.15) is 11.1 Å². The summed E-state index contributed by atoms with van der Waals surface area (Å²) in [5, 5.41) is 2.58. The molecule has 2 heterocycles. The van der Waals surface area contributed by atoms with Crippen molar-refractivity contribution in [1.29, 1.82) is 0 Å². The fourth-order valence-corrected chi connectivity index (χ4v) is 4.39. The highest BCUT2D eigenvalue weighted by Crippen LogP contribution is 2.46. The second-order valence-corrected chi connectivity index (χ2v) is 6.99. The molecule has 2 aliphatic rings. The molecule has 0 saturated carbocycles. The normalized spacial score (nSPS) is 19.7. The van der Waals surface area contributed by atoms with Crippen LogP contribution < -0.4 is 19.5 Å². The third kappa shape index (κ3) is 3.48. The van der Waals surface area contributed by atoms with Gasteiger partial charge >= 0.3 is 6.03 Å². The number of urea groups is 1. The first kappa shape index (κ1) is 18.5. The van der Waals surface area contributed by atoms with Crippen LogP contribution in [0.1, 0.15) is 10.9 Å². The van der Waals surface area contributed by atoms with E-state index >= 15 is 0 Å². The van der Waals surface area contributed by atoms with Gasteiger partial charge in [-0.1, -0.05) is 0 Å². The summed E-state index contributed by atoms with van der Waals surface area (Å²) in [5.74, 6) is 2.24. The zero-order valence-corrected chi connectivity index (χ0v) is 15.9. The first-order valence-corrected chi connectivity index (χ1v) is 9.37. The molecule has 3 amide bonds. The Morgan fingerprint density at radius 3 is 2.38 bits per heavy atom. The zero-order chi connectivity index (χ0) is 18.7. The molecule has 9 heteroatoms. The van der Waals surface area contributed by atoms with Crippen LogP contribution >= 0.6 is 11.8 Å². The van der Waals surface area contributed by atoms with Gasteiger partial charge in [-0.2, -0.15) is 0 Å². The number of carbonyl (C=O) groups excluding carboxylic acids is 2. The Hall–Kier alpha value is -2.29. The number of ether oxygens (including phenoxy) is 3. The molecule has 1 aromatic rings. The lowest BCUT2D eigenvalue weighted by molar-refractivity contribution is -0.128. The van der Waals surface area contributed by atoms with E-state index in [0.29, 0.717) is 49.2 Å². The van der Waals surface area contributed by atoms with E-state index in [1.165, 1.54) is 11.8 Å². The van der Waals surface area contributed by atoms with Crippen LogP contribution in [0.15, 0.2) is 12.1 Å². The first-order chi connectivity index (χ1) is 12.6. The fraction of sp³-hybridized carbons (Fsp3) is 0.529. The van der Waals surface area contributed by atoms with Gasteiger partial charge in [0, 0.05) is 37.8 Å². The predicted octanol–water partition coefficient (Wildman–Crippen LogP) is 1.31. The molecular weight excluding hydrogens is 358 g/mol. The lowest BCUT2D eigenvalue weighted by atomic mass is 10.1. The summed E-state index contributed by atoms with van der Waals surface area (Å²) in [6, 6.07) is 3.54. The second-order valence-electron chi connectivity index (χ2n) is 5.92. The van der Waals surface area contributed by atoms with Crippen molar-refractivity contribution in [1.82, 2.24) is 15.1 Å². The molecular formula is C17H23N3O5S. The summed E-state index contributed by atoms with van der Waals surface area (Å²) < 4.78 is 16.2. The van der Waals surface area contributed by atoms with Crippen molar-refractivity contribution < 1.29 is 23.8 Å². The lowest BCUT2D eigenvalue weighted by Crippen LogP contribution is -2.38. The zero-order valence-electron chi connectivity index (χ0n) is 15.1. The van der Waals surface area contributed by atoms with Gasteiger partial charge in [0.05, 0.1) is 27.1 Å². The SMILES string of the molecule is COc1cc(OC)c(C2SCC(=O)N2CCN2CCNC2=O)cc1OC.